The van der Waals surface area contributed by atoms with Crippen LogP contribution in [0.15, 0.2) is 79.0 Å². The van der Waals surface area contributed by atoms with E-state index < -0.39 is 133 Å². The number of ether oxygens (including phenoxy) is 7. The Morgan fingerprint density at radius 2 is 1.23 bits per heavy atom. The molecule has 4 amide bonds. The number of aliphatic hydroxyl groups excluding tert-OH is 1. The summed E-state index contributed by atoms with van der Waals surface area (Å²) in [5.41, 5.74) is -4.76. The minimum atomic E-state index is -4.28. The summed E-state index contributed by atoms with van der Waals surface area (Å²) in [7, 11) is -2.10. The average molecular weight is 946 g/mol. The second kappa shape index (κ2) is 29.4. The van der Waals surface area contributed by atoms with Gasteiger partial charge in [0.25, 0.3) is 5.91 Å². The lowest BCUT2D eigenvalue weighted by Gasteiger charge is -2.35. The minimum absolute atomic E-state index is 0.0443. The predicted octanol–water partition coefficient (Wildman–Crippen LogP) is 4.29. The molecule has 5 N–H and O–H groups in total. The fourth-order valence-electron chi connectivity index (χ4n) is 5.82. The molecule has 2 aromatic carbocycles. The summed E-state index contributed by atoms with van der Waals surface area (Å²) in [6.45, 7) is -26.0. The van der Waals surface area contributed by atoms with E-state index in [1.165, 1.54) is 55.0 Å². The van der Waals surface area contributed by atoms with Crippen LogP contribution in [0.3, 0.4) is 0 Å². The molecule has 1 heterocycles. The van der Waals surface area contributed by atoms with E-state index in [1.807, 2.05) is 5.32 Å². The third-order valence-corrected chi connectivity index (χ3v) is 9.07. The predicted molar refractivity (Wildman–Crippen MR) is 248 cm³/mol. The molecule has 0 unspecified atom stereocenters. The van der Waals surface area contributed by atoms with Crippen LogP contribution in [0.2, 0.25) is 0 Å². The molecular weight excluding hydrogens is 853 g/mol. The van der Waals surface area contributed by atoms with Crippen LogP contribution < -0.4 is 21.4 Å². The number of carbonyl (C=O) groups is 4. The number of aliphatic hydroxyl groups is 1. The van der Waals surface area contributed by atoms with E-state index in [1.54, 1.807) is 36.4 Å². The van der Waals surface area contributed by atoms with Crippen LogP contribution in [0.1, 0.15) is 81.0 Å². The first-order valence-electron chi connectivity index (χ1n) is 31.0. The summed E-state index contributed by atoms with van der Waals surface area (Å²) in [6.07, 6.45) is -5.15. The van der Waals surface area contributed by atoms with Gasteiger partial charge in [-0.1, -0.05) is 102 Å². The van der Waals surface area contributed by atoms with Crippen molar-refractivity contribution in [2.24, 2.45) is 10.8 Å². The van der Waals surface area contributed by atoms with Crippen molar-refractivity contribution in [3.05, 3.63) is 90.1 Å². The third kappa shape index (κ3) is 21.4. The summed E-state index contributed by atoms with van der Waals surface area (Å²) in [5.74, 6) is -3.82. The van der Waals surface area contributed by atoms with Gasteiger partial charge in [-0.2, -0.15) is 0 Å². The van der Waals surface area contributed by atoms with Crippen molar-refractivity contribution in [3.8, 4) is 11.3 Å². The zero-order valence-electron chi connectivity index (χ0n) is 57.3. The number of pyridine rings is 1. The van der Waals surface area contributed by atoms with Crippen LogP contribution in [-0.2, 0) is 55.7 Å². The lowest BCUT2D eigenvalue weighted by Crippen LogP contribution is -2.61. The lowest BCUT2D eigenvalue weighted by molar-refractivity contribution is -0.132. The smallest absolute Gasteiger partial charge is 0.407 e. The van der Waals surface area contributed by atoms with Gasteiger partial charge in [0, 0.05) is 56.6 Å². The quantitative estimate of drug-likeness (QED) is 0.0485. The van der Waals surface area contributed by atoms with Crippen molar-refractivity contribution in [2.75, 3.05) is 86.8 Å². The minimum Gasteiger partial charge on any atom is -0.453 e. The SMILES string of the molecule is [2H]C([2H])([2H])OC(=O)N[C@H](C(=O)N[C@@H](Cc1ccccc1)[C@@H](O)CN(Cc1ccc(-c2ccccn2)cc1)NC(=O)[C@@H](NC(=O)OCCOCCOCCOCCOCCOC)C(C([2H])([2H])[2H])(C([2H])([2H])[2H])C([2H])([2H])[2H])C(C([2H])([2H])[2H])(C([2H])([2H])[2H])C([2H])([2H])[2H]. The van der Waals surface area contributed by atoms with Crippen LogP contribution in [0, 0.1) is 10.8 Å². The van der Waals surface area contributed by atoms with Crippen LogP contribution in [0.25, 0.3) is 11.3 Å². The molecule has 18 nitrogen and oxygen atoms in total. The molecule has 366 valence electrons. The fraction of sp³-hybridized carbons (Fsp3) is 0.562. The summed E-state index contributed by atoms with van der Waals surface area (Å²) >= 11 is 0. The first-order valence-corrected chi connectivity index (χ1v) is 20.5. The second-order valence-corrected chi connectivity index (χ2v) is 14.4. The van der Waals surface area contributed by atoms with Crippen molar-refractivity contribution in [1.82, 2.24) is 31.4 Å². The van der Waals surface area contributed by atoms with Gasteiger partial charge in [-0.3, -0.25) is 20.0 Å². The van der Waals surface area contributed by atoms with Crippen LogP contribution in [0.5, 0.6) is 0 Å². The maximum atomic E-state index is 15.0. The number of hydrogen-bond acceptors (Lipinski definition) is 14. The number of nitrogens with zero attached hydrogens (tertiary/aromatic N) is 2. The van der Waals surface area contributed by atoms with Crippen molar-refractivity contribution >= 4 is 24.0 Å². The van der Waals surface area contributed by atoms with Gasteiger partial charge in [-0.25, -0.2) is 14.6 Å². The number of methoxy groups -OCH3 is 2. The van der Waals surface area contributed by atoms with Crippen LogP contribution in [-0.4, -0.2) is 150 Å². The van der Waals surface area contributed by atoms with E-state index in [2.05, 4.69) is 20.5 Å². The molecule has 0 saturated carbocycles. The van der Waals surface area contributed by atoms with Gasteiger partial charge < -0.3 is 54.2 Å². The highest BCUT2D eigenvalue weighted by molar-refractivity contribution is 5.87. The molecule has 3 aromatic rings. The number of aromatic nitrogens is 1. The van der Waals surface area contributed by atoms with Gasteiger partial charge in [0.05, 0.1) is 88.5 Å². The topological polar surface area (TPSA) is 217 Å². The van der Waals surface area contributed by atoms with E-state index >= 15 is 0 Å². The Kier molecular flexibility index (Phi) is 13.8. The van der Waals surface area contributed by atoms with Crippen molar-refractivity contribution in [3.63, 3.8) is 0 Å². The van der Waals surface area contributed by atoms with Gasteiger partial charge in [0.15, 0.2) is 0 Å². The molecular formula is C48H72N6O12. The molecule has 66 heavy (non-hydrogen) atoms. The van der Waals surface area contributed by atoms with Gasteiger partial charge in [0.1, 0.15) is 18.7 Å². The zero-order chi connectivity index (χ0) is 65.9. The highest BCUT2D eigenvalue weighted by Crippen LogP contribution is 2.23. The first-order chi connectivity index (χ1) is 40.2. The standard InChI is InChI=1S/C48H72N6O12/c1-47(2,3)41(51-45(58)61-8)43(56)50-39(32-35-14-10-9-11-15-35)40(55)34-54(33-36-17-19-37(20-18-36)38-16-12-13-21-49-38)53-44(57)42(48(4,5)6)52-46(59)66-31-30-65-29-28-64-27-26-63-25-24-62-23-22-60-7/h9-21,39-42,55H,22-34H2,1-8H3,(H,50,56)(H,51,58)(H,52,59)(H,53,57)/t39-,40-,41+,42+/m0/s1/i1D3,2D3,3D3,4D3,5D3,6D3,8D3. The molecule has 0 aliphatic carbocycles. The Morgan fingerprint density at radius 1 is 0.667 bits per heavy atom. The zero-order valence-corrected chi connectivity index (χ0v) is 36.3. The Morgan fingerprint density at radius 3 is 1.79 bits per heavy atom. The van der Waals surface area contributed by atoms with Crippen LogP contribution >= 0.6 is 0 Å². The van der Waals surface area contributed by atoms with E-state index in [0.29, 0.717) is 37.7 Å². The maximum absolute atomic E-state index is 15.0. The Balaban J connectivity index is 2.16. The number of hydrazine groups is 1. The Bertz CT molecular complexity index is 2520. The monoisotopic (exact) mass is 946 g/mol. The summed E-state index contributed by atoms with van der Waals surface area (Å²) < 4.78 is 208. The van der Waals surface area contributed by atoms with E-state index in [-0.39, 0.29) is 44.2 Å². The number of carbonyl (C=O) groups excluding carboxylic acids is 4. The molecule has 0 aliphatic heterocycles. The average Bonchev–Trinajstić information content (AvgIpc) is 0.917. The molecule has 1 aromatic heterocycles. The highest BCUT2D eigenvalue weighted by atomic mass is 16.6. The molecule has 0 saturated heterocycles. The summed E-state index contributed by atoms with van der Waals surface area (Å²) in [6, 6.07) is 10.2. The van der Waals surface area contributed by atoms with Gasteiger partial charge >= 0.3 is 12.2 Å². The molecule has 0 radical (unpaired) electrons. The third-order valence-electron chi connectivity index (χ3n) is 9.07. The van der Waals surface area contributed by atoms with Crippen molar-refractivity contribution in [1.29, 1.82) is 0 Å². The van der Waals surface area contributed by atoms with E-state index in [4.69, 9.17) is 57.2 Å². The van der Waals surface area contributed by atoms with Crippen molar-refractivity contribution in [2.45, 2.75) is 78.3 Å². The summed E-state index contributed by atoms with van der Waals surface area (Å²) in [4.78, 5) is 60.7. The van der Waals surface area contributed by atoms with Crippen LogP contribution in [0.4, 0.5) is 9.59 Å². The molecule has 0 spiro atoms. The number of rotatable bonds is 29. The second-order valence-electron chi connectivity index (χ2n) is 14.4. The van der Waals surface area contributed by atoms with E-state index in [0.717, 1.165) is 5.01 Å². The normalized spacial score (nSPS) is 19.6. The molecule has 0 aliphatic rings. The molecule has 18 heteroatoms. The molecule has 0 bridgehead atoms. The molecule has 3 rings (SSSR count). The molecule has 0 fully saturated rings. The van der Waals surface area contributed by atoms with Gasteiger partial charge in [0.2, 0.25) is 5.91 Å². The number of nitrogens with one attached hydrogen (secondary N) is 4. The first kappa shape index (κ1) is 31.0. The van der Waals surface area contributed by atoms with Crippen molar-refractivity contribution < 1.29 is 86.2 Å². The summed E-state index contributed by atoms with van der Waals surface area (Å²) in [5, 5.41) is 18.6. The number of hydrogen-bond donors (Lipinski definition) is 5. The maximum Gasteiger partial charge on any atom is 0.407 e. The largest absolute Gasteiger partial charge is 0.453 e. The van der Waals surface area contributed by atoms with Gasteiger partial charge in [-0.05, 0) is 40.5 Å². The molecule has 4 atom stereocenters. The fourth-order valence-corrected chi connectivity index (χ4v) is 5.82. The number of benzene rings is 2. The number of amides is 4. The van der Waals surface area contributed by atoms with Gasteiger partial charge in [-0.15, -0.1) is 0 Å². The lowest BCUT2D eigenvalue weighted by atomic mass is 9.85. The Labute approximate surface area is 419 Å². The highest BCUT2D eigenvalue weighted by Gasteiger charge is 2.37. The van der Waals surface area contributed by atoms with E-state index in [9.17, 15) is 24.3 Å². The number of alkyl carbamates (subject to hydrolysis) is 2. The Hall–Kier alpha value is -5.21.